The van der Waals surface area contributed by atoms with Crippen molar-refractivity contribution in [3.05, 3.63) is 36.8 Å². The molecule has 6 heteroatoms. The van der Waals surface area contributed by atoms with E-state index in [-0.39, 0.29) is 14.9 Å². The van der Waals surface area contributed by atoms with Crippen LogP contribution in [0.3, 0.4) is 0 Å². The molecule has 33 heavy (non-hydrogen) atoms. The van der Waals surface area contributed by atoms with Crippen LogP contribution in [0, 0.1) is 56.3 Å². The molecule has 0 aromatic heterocycles. The molecule has 188 valence electrons. The number of fused-ring (bicyclic) bond motifs is 4. The minimum absolute atomic E-state index is 0. The monoisotopic (exact) mass is 622 g/mol. The zero-order chi connectivity index (χ0) is 22.7. The number of rotatable bonds is 2. The Morgan fingerprint density at radius 2 is 1.27 bits per heavy atom. The van der Waals surface area contributed by atoms with E-state index in [9.17, 15) is 0 Å². The summed E-state index contributed by atoms with van der Waals surface area (Å²) in [6.45, 7) is 18.2. The van der Waals surface area contributed by atoms with E-state index in [0.717, 1.165) is 63.0 Å². The van der Waals surface area contributed by atoms with Crippen LogP contribution in [0.1, 0.15) is 53.9 Å². The van der Waals surface area contributed by atoms with E-state index in [4.69, 9.17) is 17.0 Å². The molecule has 2 aliphatic heterocycles. The van der Waals surface area contributed by atoms with Gasteiger partial charge in [0.05, 0.1) is 8.07 Å². The van der Waals surface area contributed by atoms with Crippen molar-refractivity contribution in [3.8, 4) is 0 Å². The van der Waals surface area contributed by atoms with Gasteiger partial charge in [-0.2, -0.15) is 0 Å². The molecule has 0 nitrogen and oxygen atoms in total. The van der Waals surface area contributed by atoms with Crippen molar-refractivity contribution in [3.63, 3.8) is 0 Å². The fraction of sp³-hybridized carbons (Fsp3) is 0.778. The van der Waals surface area contributed by atoms with Gasteiger partial charge in [0.25, 0.3) is 0 Å². The van der Waals surface area contributed by atoms with Crippen molar-refractivity contribution in [2.75, 3.05) is 0 Å². The molecular formula is C27H46Cl2S2SiZr. The first-order valence-corrected chi connectivity index (χ1v) is 23.5. The SMILES string of the molecule is CC1=CC2C3C=C(C)SC3C([Si](C)(C)C3C(C)CC4C(C)CC(C)CC43)C2S1.[CH3-].[CH3-].[Cl][Zr+2][Cl]. The van der Waals surface area contributed by atoms with Crippen molar-refractivity contribution in [1.82, 2.24) is 0 Å². The fourth-order valence-electron chi connectivity index (χ4n) is 9.01. The van der Waals surface area contributed by atoms with Gasteiger partial charge in [-0.1, -0.05) is 46.0 Å². The quantitative estimate of drug-likeness (QED) is 0.221. The molecule has 3 aliphatic carbocycles. The molecule has 0 aromatic carbocycles. The van der Waals surface area contributed by atoms with Crippen LogP contribution in [0.4, 0.5) is 0 Å². The normalized spacial score (nSPS) is 45.2. The van der Waals surface area contributed by atoms with E-state index >= 15 is 0 Å². The number of hydrogen-bond donors (Lipinski definition) is 0. The average Bonchev–Trinajstić information content (AvgIpc) is 3.35. The molecule has 10 unspecified atom stereocenters. The first-order chi connectivity index (χ1) is 14.6. The summed E-state index contributed by atoms with van der Waals surface area (Å²) < 4.78 is 0. The first-order valence-electron chi connectivity index (χ1n) is 12.3. The van der Waals surface area contributed by atoms with Crippen LogP contribution in [0.5, 0.6) is 0 Å². The topological polar surface area (TPSA) is 0 Å². The van der Waals surface area contributed by atoms with Crippen LogP contribution >= 0.6 is 40.5 Å². The van der Waals surface area contributed by atoms with Crippen molar-refractivity contribution in [1.29, 1.82) is 0 Å². The van der Waals surface area contributed by atoms with Gasteiger partial charge in [0.2, 0.25) is 0 Å². The van der Waals surface area contributed by atoms with Gasteiger partial charge in [-0.3, -0.25) is 0 Å². The van der Waals surface area contributed by atoms with Gasteiger partial charge >= 0.3 is 37.9 Å². The van der Waals surface area contributed by atoms with Gasteiger partial charge in [-0.25, -0.2) is 0 Å². The molecule has 5 rings (SSSR count). The Hall–Kier alpha value is 1.86. The Labute approximate surface area is 234 Å². The molecule has 0 aromatic rings. The Kier molecular flexibility index (Phi) is 11.4. The summed E-state index contributed by atoms with van der Waals surface area (Å²) in [4.78, 5) is 3.23. The Morgan fingerprint density at radius 1 is 0.788 bits per heavy atom. The van der Waals surface area contributed by atoms with Gasteiger partial charge in [0.1, 0.15) is 0 Å². The molecule has 0 amide bonds. The summed E-state index contributed by atoms with van der Waals surface area (Å²) in [6.07, 6.45) is 9.88. The van der Waals surface area contributed by atoms with Gasteiger partial charge in [0, 0.05) is 10.5 Å². The van der Waals surface area contributed by atoms with Crippen LogP contribution in [-0.4, -0.2) is 18.6 Å². The second-order valence-electron chi connectivity index (χ2n) is 11.9. The van der Waals surface area contributed by atoms with Crippen LogP contribution < -0.4 is 0 Å². The molecule has 0 radical (unpaired) electrons. The van der Waals surface area contributed by atoms with Gasteiger partial charge in [-0.05, 0) is 95.4 Å². The summed E-state index contributed by atoms with van der Waals surface area (Å²) >= 11 is 3.72. The second-order valence-corrected chi connectivity index (χ2v) is 23.5. The molecule has 3 saturated carbocycles. The minimum atomic E-state index is -1.41. The summed E-state index contributed by atoms with van der Waals surface area (Å²) in [7, 11) is 8.46. The average molecular weight is 625 g/mol. The maximum atomic E-state index is 4.93. The zero-order valence-electron chi connectivity index (χ0n) is 22.2. The van der Waals surface area contributed by atoms with Crippen molar-refractivity contribution >= 4 is 48.6 Å². The van der Waals surface area contributed by atoms with Crippen LogP contribution in [0.25, 0.3) is 0 Å². The summed E-state index contributed by atoms with van der Waals surface area (Å²) in [5.74, 6) is 6.60. The Bertz CT molecular complexity index is 710. The molecule has 0 saturated heterocycles. The number of allylic oxidation sites excluding steroid dienone is 4. The molecular weight excluding hydrogens is 579 g/mol. The number of halogens is 2. The van der Waals surface area contributed by atoms with Crippen LogP contribution in [0.15, 0.2) is 22.0 Å². The maximum absolute atomic E-state index is 4.93. The predicted octanol–water partition coefficient (Wildman–Crippen LogP) is 10.3. The van der Waals surface area contributed by atoms with Crippen molar-refractivity contribution in [2.45, 2.75) is 88.6 Å². The summed E-state index contributed by atoms with van der Waals surface area (Å²) in [6, 6.07) is 0. The Balaban J connectivity index is 0.000000733. The molecule has 2 heterocycles. The van der Waals surface area contributed by atoms with E-state index in [1.54, 1.807) is 9.81 Å². The van der Waals surface area contributed by atoms with Crippen LogP contribution in [-0.2, 0) is 20.8 Å². The summed E-state index contributed by atoms with van der Waals surface area (Å²) in [5.41, 5.74) is 2.04. The molecule has 10 atom stereocenters. The molecule has 0 bridgehead atoms. The number of hydrogen-bond acceptors (Lipinski definition) is 2. The standard InChI is InChI=1S/C25H40S2Si.2CH3.2ClH.Zr/c1-13-8-14(2)18-10-15(3)24(21(18)9-13)28(6,7)25-22-19(11-16(4)26-22)20-12-17(5)27-23(20)25;;;;;/h11-15,18-25H,8-10H2,1-7H3;2*1H3;2*1H;/q;2*-1;;;+4/p-2. The molecule has 0 N–H and O–H groups in total. The van der Waals surface area contributed by atoms with E-state index in [2.05, 4.69) is 83.4 Å². The third kappa shape index (κ3) is 5.67. The zero-order valence-corrected chi connectivity index (χ0v) is 28.8. The third-order valence-electron chi connectivity index (χ3n) is 9.58. The van der Waals surface area contributed by atoms with E-state index < -0.39 is 28.9 Å². The first kappa shape index (κ1) is 31.1. The van der Waals surface area contributed by atoms with Gasteiger partial charge < -0.3 is 14.9 Å². The third-order valence-corrected chi connectivity index (χ3v) is 18.0. The Morgan fingerprint density at radius 3 is 1.76 bits per heavy atom. The number of thioether (sulfide) groups is 2. The van der Waals surface area contributed by atoms with E-state index in [1.165, 1.54) is 19.3 Å². The molecule has 0 spiro atoms. The fourth-order valence-corrected chi connectivity index (χ4v) is 20.1. The molecule has 5 aliphatic rings. The van der Waals surface area contributed by atoms with E-state index in [0.29, 0.717) is 0 Å². The summed E-state index contributed by atoms with van der Waals surface area (Å²) in [5, 5.41) is 1.77. The second kappa shape index (κ2) is 12.1. The van der Waals surface area contributed by atoms with Crippen LogP contribution in [0.2, 0.25) is 24.2 Å². The van der Waals surface area contributed by atoms with Crippen molar-refractivity contribution < 1.29 is 20.8 Å². The predicted molar refractivity (Wildman–Crippen MR) is 155 cm³/mol. The van der Waals surface area contributed by atoms with Crippen molar-refractivity contribution in [2.24, 2.45) is 41.4 Å². The van der Waals surface area contributed by atoms with Gasteiger partial charge in [-0.15, -0.1) is 23.5 Å². The van der Waals surface area contributed by atoms with E-state index in [1.807, 2.05) is 0 Å². The molecule has 3 fully saturated rings. The van der Waals surface area contributed by atoms with Gasteiger partial charge in [0.15, 0.2) is 0 Å².